The van der Waals surface area contributed by atoms with Gasteiger partial charge < -0.3 is 0 Å². The molecule has 0 aliphatic carbocycles. The second kappa shape index (κ2) is 37.6. The molecule has 0 amide bonds. The Labute approximate surface area is 488 Å². The summed E-state index contributed by atoms with van der Waals surface area (Å²) in [7, 11) is 0. The van der Waals surface area contributed by atoms with Gasteiger partial charge in [0, 0.05) is 0 Å². The van der Waals surface area contributed by atoms with Crippen LogP contribution in [0.15, 0.2) is 0 Å². The minimum absolute atomic E-state index is 0.608. The monoisotopic (exact) mass is 1500 g/mol. The number of tetrazole rings is 4. The molecule has 0 aliphatic heterocycles. The van der Waals surface area contributed by atoms with Crippen molar-refractivity contribution < 1.29 is 0 Å². The zero-order valence-corrected chi connectivity index (χ0v) is 63.4. The maximum atomic E-state index is 5.81. The van der Waals surface area contributed by atoms with Crippen LogP contribution in [0.3, 0.4) is 0 Å². The molecule has 4 rings (SSSR count). The van der Waals surface area contributed by atoms with E-state index in [4.69, 9.17) is 61.6 Å². The molecule has 77 heavy (non-hydrogen) atoms. The van der Waals surface area contributed by atoms with Crippen LogP contribution < -0.4 is 0 Å². The molecule has 0 aliphatic rings. The van der Waals surface area contributed by atoms with Crippen LogP contribution in [0, 0.1) is 0 Å². The number of aromatic nitrogens is 16. The van der Waals surface area contributed by atoms with Crippen molar-refractivity contribution >= 4 is 74.6 Å². The van der Waals surface area contributed by atoms with E-state index in [-0.39, 0.29) is 0 Å². The van der Waals surface area contributed by atoms with Gasteiger partial charge in [-0.15, -0.1) is 0 Å². The Balaban J connectivity index is 2.06. The topological polar surface area (TPSA) is 174 Å². The van der Waals surface area contributed by atoms with E-state index in [9.17, 15) is 0 Å². The van der Waals surface area contributed by atoms with E-state index in [2.05, 4.69) is 95.2 Å². The zero-order chi connectivity index (χ0) is 55.9. The fourth-order valence-electron chi connectivity index (χ4n) is 12.4. The molecule has 0 atom stereocenters. The van der Waals surface area contributed by atoms with Gasteiger partial charge in [-0.25, -0.2) is 0 Å². The summed E-state index contributed by atoms with van der Waals surface area (Å²) < 4.78 is 24.3. The third kappa shape index (κ3) is 19.8. The van der Waals surface area contributed by atoms with Gasteiger partial charge in [0.05, 0.1) is 0 Å². The molecular weight excluding hydrogens is 1380 g/mol. The third-order valence-electron chi connectivity index (χ3n) is 17.8. The van der Waals surface area contributed by atoms with Crippen molar-refractivity contribution in [2.24, 2.45) is 0 Å². The molecule has 0 aromatic carbocycles. The number of rotatable bonds is 48. The SMILES string of the molecule is CCC[CH2][Sn]([CH2]CCC)([CH2]CCC)[n]1nnc(CCC(CCc2nn[n]([Sn]([CH2]CCC)([CH2]CCC)[CH2]CCC)n2)(c2nn[n]([Sn]([CH2]CCC)([CH2]CCC)[CH2]CCC)n2)c2nn[n]([Sn]([CH2]CCC)([CH2]CCC)[CH2]CCC)n2)n1. The summed E-state index contributed by atoms with van der Waals surface area (Å²) >= 11 is -12.6. The molecule has 0 saturated carbocycles. The van der Waals surface area contributed by atoms with Gasteiger partial charge in [-0.3, -0.25) is 0 Å². The van der Waals surface area contributed by atoms with E-state index in [1.165, 1.54) is 207 Å². The van der Waals surface area contributed by atoms with Crippen molar-refractivity contribution in [3.63, 3.8) is 0 Å². The minimum atomic E-state index is -3.25. The summed E-state index contributed by atoms with van der Waals surface area (Å²) in [6.45, 7) is 28.1. The second-order valence-electron chi connectivity index (χ2n) is 24.0. The van der Waals surface area contributed by atoms with Crippen LogP contribution in [0.2, 0.25) is 53.2 Å². The van der Waals surface area contributed by atoms with Gasteiger partial charge in [-0.2, -0.15) is 0 Å². The summed E-state index contributed by atoms with van der Waals surface area (Å²) in [5, 5.41) is 64.0. The van der Waals surface area contributed by atoms with Gasteiger partial charge in [-0.05, 0) is 0 Å². The fraction of sp³-hybridized carbons (Fsp3) is 0.930. The van der Waals surface area contributed by atoms with Crippen LogP contribution in [-0.2, 0) is 18.3 Å². The number of nitrogens with zero attached hydrogens (tertiary/aromatic N) is 16. The summed E-state index contributed by atoms with van der Waals surface area (Å²) in [4.78, 5) is 0. The molecule has 0 unspecified atom stereocenters. The summed E-state index contributed by atoms with van der Waals surface area (Å²) in [6.07, 6.45) is 31.5. The predicted octanol–water partition coefficient (Wildman–Crippen LogP) is 16.0. The molecule has 0 radical (unpaired) electrons. The first-order valence-electron chi connectivity index (χ1n) is 32.7. The van der Waals surface area contributed by atoms with Crippen molar-refractivity contribution in [2.45, 2.75) is 322 Å². The van der Waals surface area contributed by atoms with E-state index in [1.807, 2.05) is 0 Å². The molecular formula is C57H116N16Sn4. The average Bonchev–Trinajstić information content (AvgIpc) is 4.34. The van der Waals surface area contributed by atoms with Crippen LogP contribution in [-0.4, -0.2) is 148 Å². The van der Waals surface area contributed by atoms with E-state index >= 15 is 0 Å². The molecule has 16 nitrogen and oxygen atoms in total. The quantitative estimate of drug-likeness (QED) is 0.0383. The van der Waals surface area contributed by atoms with Crippen molar-refractivity contribution in [3.8, 4) is 0 Å². The maximum absolute atomic E-state index is 5.81. The molecule has 4 aromatic rings. The average molecular weight is 1500 g/mol. The first kappa shape index (κ1) is 69.0. The van der Waals surface area contributed by atoms with Crippen LogP contribution >= 0.6 is 0 Å². The molecule has 440 valence electrons. The molecule has 0 bridgehead atoms. The van der Waals surface area contributed by atoms with Crippen LogP contribution in [0.25, 0.3) is 0 Å². The molecule has 20 heteroatoms. The van der Waals surface area contributed by atoms with E-state index in [0.29, 0.717) is 25.7 Å². The Morgan fingerprint density at radius 1 is 0.273 bits per heavy atom. The summed E-state index contributed by atoms with van der Waals surface area (Å²) in [6, 6.07) is 0. The number of hydrogen-bond donors (Lipinski definition) is 0. The normalized spacial score (nSPS) is 12.9. The van der Waals surface area contributed by atoms with Gasteiger partial charge in [0.25, 0.3) is 0 Å². The molecule has 4 aromatic heterocycles. The van der Waals surface area contributed by atoms with Crippen molar-refractivity contribution in [2.75, 3.05) is 0 Å². The second-order valence-corrected chi connectivity index (χ2v) is 73.7. The number of aryl methyl sites for hydroxylation is 2. The van der Waals surface area contributed by atoms with E-state index in [1.54, 1.807) is 0 Å². The fourth-order valence-corrected chi connectivity index (χ4v) is 68.8. The van der Waals surface area contributed by atoms with Gasteiger partial charge >= 0.3 is 493 Å². The van der Waals surface area contributed by atoms with Crippen molar-refractivity contribution in [1.82, 2.24) is 73.7 Å². The molecule has 0 fully saturated rings. The van der Waals surface area contributed by atoms with Crippen molar-refractivity contribution in [1.29, 1.82) is 0 Å². The molecule has 4 heterocycles. The first-order valence-corrected chi connectivity index (χ1v) is 62.0. The number of unbranched alkanes of at least 4 members (excludes halogenated alkanes) is 12. The standard InChI is InChI=1S/C9H8N16.12C4H9.4Sn/c1(5-10-18-19-11-5)3-9(7-14-22-23-15-7,8-16-24-25-17-8)4-2-6-12-20-21-13-6;12*1-3-4-2;;;;/h1-4H2;12*1,3-4H2,2H3;;;;/q-4;;;;;;;;;;;;;4*+1. The Morgan fingerprint density at radius 2 is 0.468 bits per heavy atom. The van der Waals surface area contributed by atoms with Gasteiger partial charge in [0.15, 0.2) is 0 Å². The van der Waals surface area contributed by atoms with Gasteiger partial charge in [-0.1, -0.05) is 0 Å². The molecule has 0 spiro atoms. The van der Waals surface area contributed by atoms with Crippen LogP contribution in [0.4, 0.5) is 0 Å². The van der Waals surface area contributed by atoms with Crippen molar-refractivity contribution in [3.05, 3.63) is 23.3 Å². The Morgan fingerprint density at radius 3 is 0.675 bits per heavy atom. The summed E-state index contributed by atoms with van der Waals surface area (Å²) in [5.41, 5.74) is -0.844. The predicted molar refractivity (Wildman–Crippen MR) is 330 cm³/mol. The first-order chi connectivity index (χ1) is 37.5. The third-order valence-corrected chi connectivity index (χ3v) is 73.6. The zero-order valence-electron chi connectivity index (χ0n) is 51.9. The van der Waals surface area contributed by atoms with Gasteiger partial charge in [0.2, 0.25) is 0 Å². The van der Waals surface area contributed by atoms with Crippen LogP contribution in [0.5, 0.6) is 0 Å². The Hall–Kier alpha value is -0.525. The number of hydrogen-bond acceptors (Lipinski definition) is 12. The summed E-state index contributed by atoms with van der Waals surface area (Å²) in [5.74, 6) is 3.11. The van der Waals surface area contributed by atoms with E-state index < -0.39 is 80.0 Å². The van der Waals surface area contributed by atoms with Crippen LogP contribution in [0.1, 0.15) is 273 Å². The van der Waals surface area contributed by atoms with E-state index in [0.717, 1.165) is 23.3 Å². The molecule has 0 N–H and O–H groups in total. The Kier molecular flexibility index (Phi) is 33.7. The van der Waals surface area contributed by atoms with Gasteiger partial charge in [0.1, 0.15) is 0 Å². The Bertz CT molecular complexity index is 1890. The molecule has 0 saturated heterocycles.